The quantitative estimate of drug-likeness (QED) is 0.634. The van der Waals surface area contributed by atoms with E-state index in [0.717, 1.165) is 11.8 Å². The first kappa shape index (κ1) is 13.0. The van der Waals surface area contributed by atoms with Crippen molar-refractivity contribution in [3.05, 3.63) is 0 Å². The molecule has 0 saturated carbocycles. The SMILES string of the molecule is CC(C)CC(C)N(C)C(C)C(C)C. The fourth-order valence-electron chi connectivity index (χ4n) is 1.72. The van der Waals surface area contributed by atoms with Crippen LogP contribution in [0.25, 0.3) is 0 Å². The Labute approximate surface area is 84.5 Å². The molecule has 0 aliphatic heterocycles. The third-order valence-corrected chi connectivity index (χ3v) is 3.11. The average Bonchev–Trinajstić information content (AvgIpc) is 2.00. The molecule has 0 aromatic rings. The first-order chi connectivity index (χ1) is 5.86. The Hall–Kier alpha value is -0.0400. The minimum Gasteiger partial charge on any atom is -0.301 e. The van der Waals surface area contributed by atoms with Crippen LogP contribution in [0.4, 0.5) is 0 Å². The summed E-state index contributed by atoms with van der Waals surface area (Å²) in [4.78, 5) is 2.50. The van der Waals surface area contributed by atoms with Crippen molar-refractivity contribution in [2.45, 2.75) is 60.0 Å². The van der Waals surface area contributed by atoms with Crippen LogP contribution in [0.5, 0.6) is 0 Å². The van der Waals surface area contributed by atoms with Gasteiger partial charge in [0.25, 0.3) is 0 Å². The topological polar surface area (TPSA) is 3.24 Å². The summed E-state index contributed by atoms with van der Waals surface area (Å²) in [5.41, 5.74) is 0. The molecular weight excluding hydrogens is 158 g/mol. The lowest BCUT2D eigenvalue weighted by Gasteiger charge is -2.34. The van der Waals surface area contributed by atoms with Gasteiger partial charge in [0.1, 0.15) is 0 Å². The van der Waals surface area contributed by atoms with Crippen LogP contribution in [-0.4, -0.2) is 24.0 Å². The summed E-state index contributed by atoms with van der Waals surface area (Å²) in [5.74, 6) is 1.55. The molecule has 0 rings (SSSR count). The highest BCUT2D eigenvalue weighted by Gasteiger charge is 2.18. The molecule has 0 aliphatic carbocycles. The van der Waals surface area contributed by atoms with E-state index in [9.17, 15) is 0 Å². The van der Waals surface area contributed by atoms with Crippen LogP contribution in [0.3, 0.4) is 0 Å². The van der Waals surface area contributed by atoms with E-state index in [2.05, 4.69) is 53.5 Å². The smallest absolute Gasteiger partial charge is 0.00896 e. The average molecular weight is 185 g/mol. The van der Waals surface area contributed by atoms with E-state index in [-0.39, 0.29) is 0 Å². The van der Waals surface area contributed by atoms with Crippen molar-refractivity contribution in [3.63, 3.8) is 0 Å². The normalized spacial score (nSPS) is 17.1. The molecule has 0 heterocycles. The molecule has 1 heteroatoms. The van der Waals surface area contributed by atoms with Gasteiger partial charge in [-0.15, -0.1) is 0 Å². The highest BCUT2D eigenvalue weighted by molar-refractivity contribution is 4.73. The first-order valence-electron chi connectivity index (χ1n) is 5.58. The fraction of sp³-hybridized carbons (Fsp3) is 1.00. The molecule has 1 nitrogen and oxygen atoms in total. The molecule has 13 heavy (non-hydrogen) atoms. The van der Waals surface area contributed by atoms with E-state index in [0.29, 0.717) is 12.1 Å². The maximum Gasteiger partial charge on any atom is 0.00896 e. The van der Waals surface area contributed by atoms with Crippen LogP contribution in [0, 0.1) is 11.8 Å². The van der Waals surface area contributed by atoms with E-state index < -0.39 is 0 Å². The molecule has 0 aromatic carbocycles. The second-order valence-corrected chi connectivity index (χ2v) is 5.13. The van der Waals surface area contributed by atoms with Gasteiger partial charge in [-0.1, -0.05) is 27.7 Å². The molecule has 0 fully saturated rings. The van der Waals surface area contributed by atoms with E-state index in [4.69, 9.17) is 0 Å². The van der Waals surface area contributed by atoms with E-state index >= 15 is 0 Å². The predicted molar refractivity (Wildman–Crippen MR) is 61.0 cm³/mol. The lowest BCUT2D eigenvalue weighted by molar-refractivity contribution is 0.142. The molecule has 0 radical (unpaired) electrons. The Morgan fingerprint density at radius 1 is 0.923 bits per heavy atom. The second-order valence-electron chi connectivity index (χ2n) is 5.13. The van der Waals surface area contributed by atoms with Crippen molar-refractivity contribution in [1.82, 2.24) is 4.90 Å². The summed E-state index contributed by atoms with van der Waals surface area (Å²) >= 11 is 0. The summed E-state index contributed by atoms with van der Waals surface area (Å²) in [6.45, 7) is 13.8. The van der Waals surface area contributed by atoms with Crippen molar-refractivity contribution in [2.24, 2.45) is 11.8 Å². The zero-order valence-corrected chi connectivity index (χ0v) is 10.5. The molecule has 0 amide bonds. The van der Waals surface area contributed by atoms with Crippen LogP contribution in [0.15, 0.2) is 0 Å². The van der Waals surface area contributed by atoms with E-state index in [1.165, 1.54) is 6.42 Å². The zero-order chi connectivity index (χ0) is 10.6. The molecule has 2 atom stereocenters. The van der Waals surface area contributed by atoms with Crippen LogP contribution >= 0.6 is 0 Å². The number of nitrogens with zero attached hydrogens (tertiary/aromatic N) is 1. The zero-order valence-electron chi connectivity index (χ0n) is 10.5. The molecule has 0 aromatic heterocycles. The van der Waals surface area contributed by atoms with Gasteiger partial charge < -0.3 is 4.90 Å². The highest BCUT2D eigenvalue weighted by atomic mass is 15.2. The Morgan fingerprint density at radius 3 is 1.69 bits per heavy atom. The molecular formula is C12H27N. The lowest BCUT2D eigenvalue weighted by Crippen LogP contribution is -2.40. The van der Waals surface area contributed by atoms with E-state index in [1.807, 2.05) is 0 Å². The Kier molecular flexibility index (Phi) is 5.62. The van der Waals surface area contributed by atoms with Gasteiger partial charge in [-0.05, 0) is 39.2 Å². The van der Waals surface area contributed by atoms with Gasteiger partial charge in [0.2, 0.25) is 0 Å². The summed E-state index contributed by atoms with van der Waals surface area (Å²) < 4.78 is 0. The van der Waals surface area contributed by atoms with E-state index in [1.54, 1.807) is 0 Å². The third kappa shape index (κ3) is 4.66. The molecule has 2 unspecified atom stereocenters. The molecule has 0 aliphatic rings. The van der Waals surface area contributed by atoms with Gasteiger partial charge >= 0.3 is 0 Å². The third-order valence-electron chi connectivity index (χ3n) is 3.11. The molecule has 0 spiro atoms. The van der Waals surface area contributed by atoms with Gasteiger partial charge in [-0.25, -0.2) is 0 Å². The molecule has 80 valence electrons. The maximum absolute atomic E-state index is 2.50. The van der Waals surface area contributed by atoms with Crippen molar-refractivity contribution < 1.29 is 0 Å². The van der Waals surface area contributed by atoms with Crippen molar-refractivity contribution in [1.29, 1.82) is 0 Å². The standard InChI is InChI=1S/C12H27N/c1-9(2)8-11(5)13(7)12(6)10(3)4/h9-12H,8H2,1-7H3. The first-order valence-corrected chi connectivity index (χ1v) is 5.58. The Balaban J connectivity index is 4.01. The predicted octanol–water partition coefficient (Wildman–Crippen LogP) is 3.40. The van der Waals surface area contributed by atoms with Crippen molar-refractivity contribution in [3.8, 4) is 0 Å². The molecule has 0 bridgehead atoms. The lowest BCUT2D eigenvalue weighted by atomic mass is 9.99. The minimum atomic E-state index is 0.689. The van der Waals surface area contributed by atoms with Crippen molar-refractivity contribution >= 4 is 0 Å². The largest absolute Gasteiger partial charge is 0.301 e. The Bertz CT molecular complexity index is 129. The fourth-order valence-corrected chi connectivity index (χ4v) is 1.72. The van der Waals surface area contributed by atoms with Gasteiger partial charge in [-0.2, -0.15) is 0 Å². The summed E-state index contributed by atoms with van der Waals surface area (Å²) in [6.07, 6.45) is 1.30. The van der Waals surface area contributed by atoms with Gasteiger partial charge in [0, 0.05) is 12.1 Å². The van der Waals surface area contributed by atoms with Crippen LogP contribution in [0.1, 0.15) is 48.0 Å². The molecule has 0 N–H and O–H groups in total. The van der Waals surface area contributed by atoms with Crippen LogP contribution in [-0.2, 0) is 0 Å². The molecule has 0 saturated heterocycles. The van der Waals surface area contributed by atoms with Gasteiger partial charge in [-0.3, -0.25) is 0 Å². The summed E-state index contributed by atoms with van der Waals surface area (Å²) in [5, 5.41) is 0. The number of rotatable bonds is 5. The number of hydrogen-bond donors (Lipinski definition) is 0. The summed E-state index contributed by atoms with van der Waals surface area (Å²) in [7, 11) is 2.25. The van der Waals surface area contributed by atoms with Gasteiger partial charge in [0.05, 0.1) is 0 Å². The maximum atomic E-state index is 2.50. The van der Waals surface area contributed by atoms with Crippen LogP contribution < -0.4 is 0 Å². The van der Waals surface area contributed by atoms with Crippen LogP contribution in [0.2, 0.25) is 0 Å². The minimum absolute atomic E-state index is 0.689. The number of hydrogen-bond acceptors (Lipinski definition) is 1. The van der Waals surface area contributed by atoms with Gasteiger partial charge in [0.15, 0.2) is 0 Å². The highest BCUT2D eigenvalue weighted by Crippen LogP contribution is 2.16. The van der Waals surface area contributed by atoms with Crippen molar-refractivity contribution in [2.75, 3.05) is 7.05 Å². The Morgan fingerprint density at radius 2 is 1.38 bits per heavy atom. The monoisotopic (exact) mass is 185 g/mol. The summed E-state index contributed by atoms with van der Waals surface area (Å²) in [6, 6.07) is 1.39. The second kappa shape index (κ2) is 5.64.